The van der Waals surface area contributed by atoms with Gasteiger partial charge >= 0.3 is 5.69 Å². The summed E-state index contributed by atoms with van der Waals surface area (Å²) in [5.41, 5.74) is -0.646. The molecule has 0 aromatic heterocycles. The van der Waals surface area contributed by atoms with E-state index in [9.17, 15) is 19.3 Å². The molecule has 0 bridgehead atoms. The van der Waals surface area contributed by atoms with Crippen molar-refractivity contribution < 1.29 is 14.1 Å². The second-order valence-corrected chi connectivity index (χ2v) is 5.08. The summed E-state index contributed by atoms with van der Waals surface area (Å²) in [4.78, 5) is 21.2. The first kappa shape index (κ1) is 15.0. The van der Waals surface area contributed by atoms with Crippen molar-refractivity contribution in [1.82, 2.24) is 5.32 Å². The Hall–Kier alpha value is -2.02. The van der Waals surface area contributed by atoms with Gasteiger partial charge in [0.05, 0.1) is 11.5 Å². The van der Waals surface area contributed by atoms with Crippen LogP contribution < -0.4 is 10.6 Å². The number of nitrogens with one attached hydrogen (secondary N) is 2. The van der Waals surface area contributed by atoms with Crippen molar-refractivity contribution in [2.75, 3.05) is 11.9 Å². The lowest BCUT2D eigenvalue weighted by molar-refractivity contribution is -0.387. The van der Waals surface area contributed by atoms with E-state index in [0.717, 1.165) is 12.1 Å². The number of halogens is 1. The largest absolute Gasteiger partial charge is 0.325 e. The van der Waals surface area contributed by atoms with E-state index in [4.69, 9.17) is 0 Å². The average Bonchev–Trinajstić information content (AvgIpc) is 2.25. The number of amides is 1. The maximum Gasteiger partial charge on any atom is 0.304 e. The van der Waals surface area contributed by atoms with Crippen LogP contribution in [0.2, 0.25) is 0 Å². The van der Waals surface area contributed by atoms with Crippen LogP contribution in [0.25, 0.3) is 0 Å². The Morgan fingerprint density at radius 1 is 1.42 bits per heavy atom. The van der Waals surface area contributed by atoms with Gasteiger partial charge in [-0.05, 0) is 26.8 Å². The van der Waals surface area contributed by atoms with Gasteiger partial charge in [-0.1, -0.05) is 0 Å². The van der Waals surface area contributed by atoms with E-state index in [2.05, 4.69) is 10.6 Å². The number of nitro benzene ring substituents is 1. The Morgan fingerprint density at radius 3 is 2.53 bits per heavy atom. The van der Waals surface area contributed by atoms with Crippen molar-refractivity contribution in [3.8, 4) is 0 Å². The summed E-state index contributed by atoms with van der Waals surface area (Å²) in [6, 6.07) is 3.23. The standard InChI is InChI=1S/C12H16FN3O3/c1-12(2,3)14-7-11(17)15-8-4-5-10(16(18)19)9(13)6-8/h4-6,14H,7H2,1-3H3,(H,15,17). The molecule has 0 unspecified atom stereocenters. The molecule has 2 N–H and O–H groups in total. The molecule has 6 nitrogen and oxygen atoms in total. The molecule has 1 rings (SSSR count). The van der Waals surface area contributed by atoms with Gasteiger partial charge in [-0.2, -0.15) is 4.39 Å². The van der Waals surface area contributed by atoms with Gasteiger partial charge in [-0.3, -0.25) is 14.9 Å². The molecule has 19 heavy (non-hydrogen) atoms. The van der Waals surface area contributed by atoms with Crippen LogP contribution in [-0.4, -0.2) is 22.9 Å². The zero-order chi connectivity index (χ0) is 14.6. The monoisotopic (exact) mass is 269 g/mol. The van der Waals surface area contributed by atoms with Gasteiger partial charge in [0.25, 0.3) is 0 Å². The fourth-order valence-electron chi connectivity index (χ4n) is 1.28. The molecule has 0 atom stereocenters. The third-order valence-corrected chi connectivity index (χ3v) is 2.21. The smallest absolute Gasteiger partial charge is 0.304 e. The molecule has 0 aliphatic heterocycles. The molecule has 0 heterocycles. The van der Waals surface area contributed by atoms with Crippen LogP contribution in [-0.2, 0) is 4.79 Å². The molecule has 1 aromatic rings. The number of hydrogen-bond acceptors (Lipinski definition) is 4. The second-order valence-electron chi connectivity index (χ2n) is 5.08. The molecule has 1 amide bonds. The number of rotatable bonds is 4. The van der Waals surface area contributed by atoms with E-state index in [1.54, 1.807) is 0 Å². The maximum atomic E-state index is 13.3. The normalized spacial score (nSPS) is 11.2. The Morgan fingerprint density at radius 2 is 2.05 bits per heavy atom. The summed E-state index contributed by atoms with van der Waals surface area (Å²) in [6.45, 7) is 5.80. The number of nitrogens with zero attached hydrogens (tertiary/aromatic N) is 1. The highest BCUT2D eigenvalue weighted by Gasteiger charge is 2.15. The SMILES string of the molecule is CC(C)(C)NCC(=O)Nc1ccc([N+](=O)[O-])c(F)c1. The number of hydrogen-bond donors (Lipinski definition) is 2. The summed E-state index contributed by atoms with van der Waals surface area (Å²) in [7, 11) is 0. The van der Waals surface area contributed by atoms with Crippen molar-refractivity contribution in [2.45, 2.75) is 26.3 Å². The lowest BCUT2D eigenvalue weighted by atomic mass is 10.1. The van der Waals surface area contributed by atoms with Crippen molar-refractivity contribution in [3.63, 3.8) is 0 Å². The lowest BCUT2D eigenvalue weighted by Gasteiger charge is -2.20. The number of carbonyl (C=O) groups is 1. The zero-order valence-electron chi connectivity index (χ0n) is 11.0. The lowest BCUT2D eigenvalue weighted by Crippen LogP contribution is -2.41. The number of anilines is 1. The summed E-state index contributed by atoms with van der Waals surface area (Å²) in [5.74, 6) is -1.32. The minimum Gasteiger partial charge on any atom is -0.325 e. The van der Waals surface area contributed by atoms with Gasteiger partial charge < -0.3 is 10.6 Å². The first-order valence-corrected chi connectivity index (χ1v) is 5.68. The quantitative estimate of drug-likeness (QED) is 0.647. The Balaban J connectivity index is 2.65. The molecular weight excluding hydrogens is 253 g/mol. The molecule has 1 aromatic carbocycles. The van der Waals surface area contributed by atoms with Crippen LogP contribution in [0, 0.1) is 15.9 Å². The fraction of sp³-hybridized carbons (Fsp3) is 0.417. The van der Waals surface area contributed by atoms with E-state index in [1.807, 2.05) is 20.8 Å². The van der Waals surface area contributed by atoms with E-state index in [-0.39, 0.29) is 23.7 Å². The summed E-state index contributed by atoms with van der Waals surface area (Å²) in [5, 5.41) is 15.9. The third kappa shape index (κ3) is 5.01. The molecule has 0 radical (unpaired) electrons. The minimum absolute atomic E-state index is 0.0715. The highest BCUT2D eigenvalue weighted by atomic mass is 19.1. The molecule has 0 aliphatic carbocycles. The van der Waals surface area contributed by atoms with Gasteiger partial charge in [0.1, 0.15) is 0 Å². The molecule has 0 fully saturated rings. The topological polar surface area (TPSA) is 84.3 Å². The van der Waals surface area contributed by atoms with Gasteiger partial charge in [-0.25, -0.2) is 0 Å². The third-order valence-electron chi connectivity index (χ3n) is 2.21. The van der Waals surface area contributed by atoms with Crippen molar-refractivity contribution >= 4 is 17.3 Å². The van der Waals surface area contributed by atoms with E-state index < -0.39 is 16.4 Å². The van der Waals surface area contributed by atoms with E-state index in [1.165, 1.54) is 6.07 Å². The molecule has 0 aliphatic rings. The Bertz CT molecular complexity index is 497. The predicted molar refractivity (Wildman–Crippen MR) is 69.4 cm³/mol. The number of benzene rings is 1. The second kappa shape index (κ2) is 5.75. The average molecular weight is 269 g/mol. The highest BCUT2D eigenvalue weighted by molar-refractivity contribution is 5.92. The van der Waals surface area contributed by atoms with Crippen LogP contribution in [0.3, 0.4) is 0 Å². The van der Waals surface area contributed by atoms with Crippen LogP contribution in [0.1, 0.15) is 20.8 Å². The van der Waals surface area contributed by atoms with Crippen LogP contribution >= 0.6 is 0 Å². The fourth-order valence-corrected chi connectivity index (χ4v) is 1.28. The predicted octanol–water partition coefficient (Wildman–Crippen LogP) is 2.06. The zero-order valence-corrected chi connectivity index (χ0v) is 11.0. The Labute approximate surface area is 110 Å². The summed E-state index contributed by atoms with van der Waals surface area (Å²) in [6.07, 6.45) is 0. The first-order chi connectivity index (χ1) is 8.69. The molecule has 0 saturated carbocycles. The van der Waals surface area contributed by atoms with E-state index >= 15 is 0 Å². The van der Waals surface area contributed by atoms with Crippen LogP contribution in [0.5, 0.6) is 0 Å². The Kier molecular flexibility index (Phi) is 4.55. The molecular formula is C12H16FN3O3. The van der Waals surface area contributed by atoms with Crippen molar-refractivity contribution in [3.05, 3.63) is 34.1 Å². The summed E-state index contributed by atoms with van der Waals surface area (Å²) < 4.78 is 13.3. The molecule has 104 valence electrons. The van der Waals surface area contributed by atoms with Gasteiger partial charge in [0.15, 0.2) is 0 Å². The van der Waals surface area contributed by atoms with Gasteiger partial charge in [0.2, 0.25) is 11.7 Å². The van der Waals surface area contributed by atoms with Gasteiger partial charge in [0, 0.05) is 23.4 Å². The van der Waals surface area contributed by atoms with Gasteiger partial charge in [-0.15, -0.1) is 0 Å². The maximum absolute atomic E-state index is 13.3. The highest BCUT2D eigenvalue weighted by Crippen LogP contribution is 2.20. The van der Waals surface area contributed by atoms with Crippen LogP contribution in [0.4, 0.5) is 15.8 Å². The van der Waals surface area contributed by atoms with Crippen LogP contribution in [0.15, 0.2) is 18.2 Å². The summed E-state index contributed by atoms with van der Waals surface area (Å²) >= 11 is 0. The molecule has 0 saturated heterocycles. The number of carbonyl (C=O) groups excluding carboxylic acids is 1. The number of nitro groups is 1. The van der Waals surface area contributed by atoms with Crippen molar-refractivity contribution in [2.24, 2.45) is 0 Å². The molecule has 7 heteroatoms. The van der Waals surface area contributed by atoms with E-state index in [0.29, 0.717) is 0 Å². The molecule has 0 spiro atoms. The first-order valence-electron chi connectivity index (χ1n) is 5.68. The minimum atomic E-state index is -0.980. The van der Waals surface area contributed by atoms with Crippen molar-refractivity contribution in [1.29, 1.82) is 0 Å².